The van der Waals surface area contributed by atoms with Gasteiger partial charge in [0.05, 0.1) is 17.7 Å². The van der Waals surface area contributed by atoms with Crippen LogP contribution in [0.25, 0.3) is 11.1 Å². The van der Waals surface area contributed by atoms with Crippen molar-refractivity contribution in [1.29, 1.82) is 5.26 Å². The van der Waals surface area contributed by atoms with Crippen molar-refractivity contribution < 1.29 is 18.3 Å². The van der Waals surface area contributed by atoms with E-state index in [4.69, 9.17) is 10.00 Å². The first-order valence-corrected chi connectivity index (χ1v) is 9.55. The van der Waals surface area contributed by atoms with Gasteiger partial charge in [0.1, 0.15) is 24.3 Å². The Bertz CT molecular complexity index is 1220. The number of nitrogens with zero attached hydrogens (tertiary/aromatic N) is 1. The molecular weight excluding hydrogens is 398 g/mol. The van der Waals surface area contributed by atoms with Crippen LogP contribution in [0.1, 0.15) is 28.2 Å². The minimum absolute atomic E-state index is 0.0556. The molecule has 1 N–H and O–H groups in total. The molecule has 0 saturated carbocycles. The molecule has 4 nitrogen and oxygen atoms in total. The lowest BCUT2D eigenvalue weighted by Crippen LogP contribution is -2.26. The topological polar surface area (TPSA) is 62.1 Å². The number of amides is 1. The lowest BCUT2D eigenvalue weighted by molar-refractivity contribution is 0.144. The Morgan fingerprint density at radius 2 is 1.55 bits per heavy atom. The Morgan fingerprint density at radius 3 is 2.19 bits per heavy atom. The normalized spacial score (nSPS) is 11.5. The predicted molar refractivity (Wildman–Crippen MR) is 111 cm³/mol. The molecule has 0 heterocycles. The maximum absolute atomic E-state index is 13.8. The lowest BCUT2D eigenvalue weighted by atomic mass is 9.98. The van der Waals surface area contributed by atoms with E-state index in [0.717, 1.165) is 34.4 Å². The fourth-order valence-corrected chi connectivity index (χ4v) is 3.63. The minimum atomic E-state index is -0.849. The van der Waals surface area contributed by atoms with E-state index in [0.29, 0.717) is 0 Å². The fourth-order valence-electron chi connectivity index (χ4n) is 3.63. The summed E-state index contributed by atoms with van der Waals surface area (Å²) in [4.78, 5) is 12.1. The van der Waals surface area contributed by atoms with E-state index in [1.165, 1.54) is 0 Å². The molecule has 3 aromatic rings. The maximum atomic E-state index is 13.8. The van der Waals surface area contributed by atoms with E-state index in [9.17, 15) is 13.6 Å². The van der Waals surface area contributed by atoms with Crippen molar-refractivity contribution in [3.8, 4) is 29.0 Å². The first kappa shape index (κ1) is 20.1. The van der Waals surface area contributed by atoms with Crippen molar-refractivity contribution in [2.75, 3.05) is 13.2 Å². The second-order valence-corrected chi connectivity index (χ2v) is 6.90. The molecular formula is C25H16F2N2O2. The van der Waals surface area contributed by atoms with Gasteiger partial charge in [0.15, 0.2) is 0 Å². The van der Waals surface area contributed by atoms with Crippen LogP contribution >= 0.6 is 0 Å². The van der Waals surface area contributed by atoms with Gasteiger partial charge in [0.25, 0.3) is 0 Å². The highest BCUT2D eigenvalue weighted by atomic mass is 19.1. The molecule has 1 aliphatic rings. The zero-order valence-corrected chi connectivity index (χ0v) is 16.3. The van der Waals surface area contributed by atoms with Gasteiger partial charge in [-0.1, -0.05) is 60.4 Å². The predicted octanol–water partition coefficient (Wildman–Crippen LogP) is 4.73. The summed E-state index contributed by atoms with van der Waals surface area (Å²) in [6, 6.07) is 19.2. The van der Waals surface area contributed by atoms with Crippen molar-refractivity contribution >= 4 is 6.09 Å². The molecule has 0 radical (unpaired) electrons. The molecule has 0 spiro atoms. The lowest BCUT2D eigenvalue weighted by Gasteiger charge is -2.14. The summed E-state index contributed by atoms with van der Waals surface area (Å²) < 4.78 is 32.8. The van der Waals surface area contributed by atoms with Crippen LogP contribution in [0.3, 0.4) is 0 Å². The number of rotatable bonds is 3. The van der Waals surface area contributed by atoms with E-state index < -0.39 is 17.7 Å². The molecule has 1 aliphatic carbocycles. The van der Waals surface area contributed by atoms with Crippen molar-refractivity contribution in [2.24, 2.45) is 0 Å². The molecule has 0 fully saturated rings. The first-order chi connectivity index (χ1) is 15.1. The second-order valence-electron chi connectivity index (χ2n) is 6.90. The number of hydrogen-bond donors (Lipinski definition) is 1. The van der Waals surface area contributed by atoms with E-state index in [1.807, 2.05) is 36.4 Å². The van der Waals surface area contributed by atoms with Gasteiger partial charge in [-0.05, 0) is 34.4 Å². The quantitative estimate of drug-likeness (QED) is 0.631. The molecule has 6 heteroatoms. The summed E-state index contributed by atoms with van der Waals surface area (Å²) in [6.45, 7) is 0.0699. The summed E-state index contributed by atoms with van der Waals surface area (Å²) >= 11 is 0. The number of nitrogens with one attached hydrogen (secondary N) is 1. The molecule has 0 unspecified atom stereocenters. The van der Waals surface area contributed by atoms with Gasteiger partial charge in [-0.3, -0.25) is 0 Å². The van der Waals surface area contributed by atoms with Crippen LogP contribution < -0.4 is 5.32 Å². The number of carbonyl (C=O) groups excluding carboxylic acids is 1. The molecule has 1 amide bonds. The zero-order valence-electron chi connectivity index (χ0n) is 16.3. The molecule has 4 rings (SSSR count). The third kappa shape index (κ3) is 4.10. The average molecular weight is 414 g/mol. The number of nitriles is 1. The molecule has 152 valence electrons. The summed E-state index contributed by atoms with van der Waals surface area (Å²) in [7, 11) is 0. The largest absolute Gasteiger partial charge is 0.449 e. The number of halogens is 2. The zero-order chi connectivity index (χ0) is 21.8. The van der Waals surface area contributed by atoms with Crippen LogP contribution in [0.15, 0.2) is 60.7 Å². The van der Waals surface area contributed by atoms with Gasteiger partial charge in [-0.25, -0.2) is 13.6 Å². The van der Waals surface area contributed by atoms with E-state index in [1.54, 1.807) is 6.07 Å². The van der Waals surface area contributed by atoms with E-state index in [-0.39, 0.29) is 30.2 Å². The highest BCUT2D eigenvalue weighted by Crippen LogP contribution is 2.44. The van der Waals surface area contributed by atoms with Gasteiger partial charge in [-0.2, -0.15) is 5.26 Å². The minimum Gasteiger partial charge on any atom is -0.449 e. The molecule has 0 aromatic heterocycles. The molecule has 0 aliphatic heterocycles. The number of hydrogen-bond acceptors (Lipinski definition) is 3. The third-order valence-electron chi connectivity index (χ3n) is 5.07. The van der Waals surface area contributed by atoms with Gasteiger partial charge >= 0.3 is 6.09 Å². The standard InChI is InChI=1S/C25H16F2N2O2/c26-23-13-17(14-28)24(27)12-16(23)6-5-11-29-25(30)31-15-22-20-9-3-1-7-18(20)19-8-2-4-10-21(19)22/h1-4,7-10,12-13,22H,11,15H2,(H,29,30). The van der Waals surface area contributed by atoms with Crippen molar-refractivity contribution in [3.63, 3.8) is 0 Å². The number of ether oxygens (including phenoxy) is 1. The van der Waals surface area contributed by atoms with Crippen LogP contribution in [0, 0.1) is 34.8 Å². The second kappa shape index (κ2) is 8.69. The van der Waals surface area contributed by atoms with Gasteiger partial charge in [0.2, 0.25) is 0 Å². The Kier molecular flexibility index (Phi) is 5.64. The van der Waals surface area contributed by atoms with Gasteiger partial charge < -0.3 is 10.1 Å². The van der Waals surface area contributed by atoms with Crippen molar-refractivity contribution in [3.05, 3.63) is 94.6 Å². The fraction of sp³-hybridized carbons (Fsp3) is 0.120. The molecule has 0 saturated heterocycles. The van der Waals surface area contributed by atoms with E-state index >= 15 is 0 Å². The molecule has 3 aromatic carbocycles. The smallest absolute Gasteiger partial charge is 0.407 e. The highest BCUT2D eigenvalue weighted by molar-refractivity contribution is 5.79. The molecule has 0 bridgehead atoms. The van der Waals surface area contributed by atoms with Gasteiger partial charge in [-0.15, -0.1) is 0 Å². The van der Waals surface area contributed by atoms with Crippen LogP contribution in [0.4, 0.5) is 13.6 Å². The summed E-state index contributed by atoms with van der Waals surface area (Å²) in [5.74, 6) is 3.28. The Hall–Kier alpha value is -4.16. The summed E-state index contributed by atoms with van der Waals surface area (Å²) in [5.41, 5.74) is 3.90. The molecule has 31 heavy (non-hydrogen) atoms. The van der Waals surface area contributed by atoms with Crippen LogP contribution in [-0.4, -0.2) is 19.2 Å². The van der Waals surface area contributed by atoms with Gasteiger partial charge in [0, 0.05) is 5.92 Å². The maximum Gasteiger partial charge on any atom is 0.407 e. The first-order valence-electron chi connectivity index (χ1n) is 9.55. The van der Waals surface area contributed by atoms with Crippen LogP contribution in [-0.2, 0) is 4.74 Å². The van der Waals surface area contributed by atoms with Crippen molar-refractivity contribution in [1.82, 2.24) is 5.32 Å². The van der Waals surface area contributed by atoms with Crippen LogP contribution in [0.5, 0.6) is 0 Å². The average Bonchev–Trinajstić information content (AvgIpc) is 3.11. The number of carbonyl (C=O) groups is 1. The van der Waals surface area contributed by atoms with E-state index in [2.05, 4.69) is 29.3 Å². The highest BCUT2D eigenvalue weighted by Gasteiger charge is 2.28. The summed E-state index contributed by atoms with van der Waals surface area (Å²) in [5, 5.41) is 11.2. The number of benzene rings is 3. The Balaban J connectivity index is 1.36. The monoisotopic (exact) mass is 414 g/mol. The van der Waals surface area contributed by atoms with Crippen molar-refractivity contribution in [2.45, 2.75) is 5.92 Å². The number of fused-ring (bicyclic) bond motifs is 3. The van der Waals surface area contributed by atoms with Crippen LogP contribution in [0.2, 0.25) is 0 Å². The third-order valence-corrected chi connectivity index (χ3v) is 5.07. The Morgan fingerprint density at radius 1 is 0.968 bits per heavy atom. The molecule has 0 atom stereocenters. The number of alkyl carbamates (subject to hydrolysis) is 1. The summed E-state index contributed by atoms with van der Waals surface area (Å²) in [6.07, 6.45) is -0.650. The Labute approximate surface area is 178 Å². The SMILES string of the molecule is N#Cc1cc(F)c(C#CCNC(=O)OCC2c3ccccc3-c3ccccc32)cc1F.